The standard InChI is InChI=1S/C13H15ClN4OS/c14-11-2-1-3-12(8-11)17-9-15-18(13(17)20)10-16-4-6-19-7-5-16/h1-3,8-9H,4-7,10H2/p+1. The molecule has 1 aromatic heterocycles. The Morgan fingerprint density at radius 3 is 2.90 bits per heavy atom. The van der Waals surface area contributed by atoms with E-state index in [1.807, 2.05) is 33.5 Å². The first kappa shape index (κ1) is 13.8. The van der Waals surface area contributed by atoms with Gasteiger partial charge in [-0.25, -0.2) is 0 Å². The van der Waals surface area contributed by atoms with Gasteiger partial charge in [0.2, 0.25) is 4.77 Å². The van der Waals surface area contributed by atoms with Crippen molar-refractivity contribution in [2.24, 2.45) is 0 Å². The second kappa shape index (κ2) is 6.05. The Hall–Kier alpha value is -1.21. The van der Waals surface area contributed by atoms with E-state index < -0.39 is 0 Å². The van der Waals surface area contributed by atoms with Crippen LogP contribution in [0.3, 0.4) is 0 Å². The third-order valence-electron chi connectivity index (χ3n) is 3.39. The average Bonchev–Trinajstić information content (AvgIpc) is 2.81. The summed E-state index contributed by atoms with van der Waals surface area (Å²) in [6.45, 7) is 4.36. The molecule has 0 amide bonds. The third-order valence-corrected chi connectivity index (χ3v) is 4.04. The number of rotatable bonds is 3. The quantitative estimate of drug-likeness (QED) is 0.857. The third kappa shape index (κ3) is 2.93. The van der Waals surface area contributed by atoms with Gasteiger partial charge in [-0.15, -0.1) is 0 Å². The van der Waals surface area contributed by atoms with Gasteiger partial charge in [0, 0.05) is 5.02 Å². The number of halogens is 1. The Morgan fingerprint density at radius 1 is 1.35 bits per heavy atom. The van der Waals surface area contributed by atoms with Crippen LogP contribution in [0.25, 0.3) is 5.69 Å². The first-order chi connectivity index (χ1) is 9.74. The normalized spacial score (nSPS) is 16.4. The van der Waals surface area contributed by atoms with Crippen molar-refractivity contribution in [2.45, 2.75) is 6.67 Å². The van der Waals surface area contributed by atoms with Crippen molar-refractivity contribution >= 4 is 23.8 Å². The van der Waals surface area contributed by atoms with Crippen molar-refractivity contribution < 1.29 is 9.64 Å². The molecule has 0 bridgehead atoms. The predicted molar refractivity (Wildman–Crippen MR) is 78.9 cm³/mol. The van der Waals surface area contributed by atoms with Gasteiger partial charge in [0.25, 0.3) is 0 Å². The molecule has 0 atom stereocenters. The van der Waals surface area contributed by atoms with Crippen LogP contribution in [-0.4, -0.2) is 40.7 Å². The molecule has 0 radical (unpaired) electrons. The Morgan fingerprint density at radius 2 is 2.15 bits per heavy atom. The van der Waals surface area contributed by atoms with E-state index in [9.17, 15) is 0 Å². The molecule has 7 heteroatoms. The van der Waals surface area contributed by atoms with Gasteiger partial charge < -0.3 is 9.64 Å². The molecule has 0 unspecified atom stereocenters. The Bertz CT molecular complexity index is 648. The summed E-state index contributed by atoms with van der Waals surface area (Å²) in [7, 11) is 0. The number of benzene rings is 1. The van der Waals surface area contributed by atoms with Gasteiger partial charge in [-0.1, -0.05) is 17.7 Å². The fraction of sp³-hybridized carbons (Fsp3) is 0.385. The Kier molecular flexibility index (Phi) is 4.16. The fourth-order valence-corrected chi connectivity index (χ4v) is 2.73. The molecule has 2 heterocycles. The zero-order valence-corrected chi connectivity index (χ0v) is 12.5. The van der Waals surface area contributed by atoms with Crippen LogP contribution >= 0.6 is 23.8 Å². The van der Waals surface area contributed by atoms with E-state index in [1.54, 1.807) is 6.33 Å². The molecule has 20 heavy (non-hydrogen) atoms. The first-order valence-corrected chi connectivity index (χ1v) is 7.34. The summed E-state index contributed by atoms with van der Waals surface area (Å²) in [6.07, 6.45) is 1.74. The number of hydrogen-bond donors (Lipinski definition) is 1. The summed E-state index contributed by atoms with van der Waals surface area (Å²) < 4.78 is 9.78. The molecule has 0 saturated carbocycles. The van der Waals surface area contributed by atoms with Crippen LogP contribution < -0.4 is 4.90 Å². The van der Waals surface area contributed by atoms with Gasteiger partial charge in [0.15, 0.2) is 6.67 Å². The zero-order valence-electron chi connectivity index (χ0n) is 11.0. The highest BCUT2D eigenvalue weighted by atomic mass is 35.5. The lowest BCUT2D eigenvalue weighted by atomic mass is 10.3. The molecule has 5 nitrogen and oxygen atoms in total. The Balaban J connectivity index is 1.83. The van der Waals surface area contributed by atoms with Crippen molar-refractivity contribution in [2.75, 3.05) is 26.3 Å². The summed E-state index contributed by atoms with van der Waals surface area (Å²) >= 11 is 11.5. The number of hydrogen-bond acceptors (Lipinski definition) is 3. The largest absolute Gasteiger partial charge is 0.370 e. The molecule has 1 aromatic carbocycles. The van der Waals surface area contributed by atoms with Crippen LogP contribution in [0, 0.1) is 4.77 Å². The van der Waals surface area contributed by atoms with Crippen molar-refractivity contribution in [3.8, 4) is 5.69 Å². The van der Waals surface area contributed by atoms with Crippen molar-refractivity contribution in [3.05, 3.63) is 40.4 Å². The summed E-state index contributed by atoms with van der Waals surface area (Å²) in [6, 6.07) is 7.60. The number of aromatic nitrogens is 3. The topological polar surface area (TPSA) is 36.4 Å². The lowest BCUT2D eigenvalue weighted by Gasteiger charge is -2.23. The van der Waals surface area contributed by atoms with E-state index in [0.29, 0.717) is 9.79 Å². The molecular formula is C13H16ClN4OS+. The molecule has 1 saturated heterocycles. The molecule has 2 aromatic rings. The van der Waals surface area contributed by atoms with Crippen LogP contribution in [-0.2, 0) is 11.4 Å². The number of morpholine rings is 1. The number of nitrogens with zero attached hydrogens (tertiary/aromatic N) is 3. The van der Waals surface area contributed by atoms with Crippen LogP contribution in [0.1, 0.15) is 0 Å². The van der Waals surface area contributed by atoms with Crippen LogP contribution in [0.15, 0.2) is 30.6 Å². The molecule has 106 valence electrons. The minimum Gasteiger partial charge on any atom is -0.370 e. The molecule has 0 aliphatic carbocycles. The van der Waals surface area contributed by atoms with E-state index >= 15 is 0 Å². The smallest absolute Gasteiger partial charge is 0.207 e. The highest BCUT2D eigenvalue weighted by Crippen LogP contribution is 2.14. The van der Waals surface area contributed by atoms with Crippen LogP contribution in [0.2, 0.25) is 5.02 Å². The summed E-state index contributed by atoms with van der Waals surface area (Å²) in [5.74, 6) is 0. The maximum atomic E-state index is 6.02. The van der Waals surface area contributed by atoms with Crippen molar-refractivity contribution in [1.82, 2.24) is 14.3 Å². The molecule has 1 aliphatic rings. The summed E-state index contributed by atoms with van der Waals surface area (Å²) in [5.41, 5.74) is 0.936. The van der Waals surface area contributed by atoms with E-state index in [4.69, 9.17) is 28.6 Å². The first-order valence-electron chi connectivity index (χ1n) is 6.56. The molecule has 1 aliphatic heterocycles. The minimum absolute atomic E-state index is 0.686. The maximum absolute atomic E-state index is 6.02. The zero-order chi connectivity index (χ0) is 13.9. The molecule has 0 spiro atoms. The maximum Gasteiger partial charge on any atom is 0.207 e. The van der Waals surface area contributed by atoms with Gasteiger partial charge >= 0.3 is 0 Å². The van der Waals surface area contributed by atoms with Crippen molar-refractivity contribution in [3.63, 3.8) is 0 Å². The lowest BCUT2D eigenvalue weighted by Crippen LogP contribution is -3.13. The molecular weight excluding hydrogens is 296 g/mol. The molecule has 1 fully saturated rings. The Labute approximate surface area is 127 Å². The van der Waals surface area contributed by atoms with Crippen LogP contribution in [0.5, 0.6) is 0 Å². The van der Waals surface area contributed by atoms with Crippen molar-refractivity contribution in [1.29, 1.82) is 0 Å². The molecule has 3 rings (SSSR count). The lowest BCUT2D eigenvalue weighted by molar-refractivity contribution is -0.930. The fourth-order valence-electron chi connectivity index (χ4n) is 2.28. The van der Waals surface area contributed by atoms with E-state index in [-0.39, 0.29) is 0 Å². The van der Waals surface area contributed by atoms with E-state index in [1.165, 1.54) is 4.90 Å². The summed E-state index contributed by atoms with van der Waals surface area (Å²) in [4.78, 5) is 1.43. The molecule has 1 N–H and O–H groups in total. The highest BCUT2D eigenvalue weighted by molar-refractivity contribution is 7.71. The number of nitrogens with one attached hydrogen (secondary N) is 1. The summed E-state index contributed by atoms with van der Waals surface area (Å²) in [5, 5.41) is 5.08. The van der Waals surface area contributed by atoms with Gasteiger partial charge in [-0.2, -0.15) is 9.78 Å². The van der Waals surface area contributed by atoms with Gasteiger partial charge in [0.05, 0.1) is 18.9 Å². The van der Waals surface area contributed by atoms with Gasteiger partial charge in [-0.05, 0) is 30.4 Å². The highest BCUT2D eigenvalue weighted by Gasteiger charge is 2.15. The van der Waals surface area contributed by atoms with Gasteiger partial charge in [0.1, 0.15) is 19.4 Å². The van der Waals surface area contributed by atoms with E-state index in [0.717, 1.165) is 38.7 Å². The monoisotopic (exact) mass is 311 g/mol. The van der Waals surface area contributed by atoms with Crippen LogP contribution in [0.4, 0.5) is 0 Å². The predicted octanol–water partition coefficient (Wildman–Crippen LogP) is 0.929. The van der Waals surface area contributed by atoms with Gasteiger partial charge in [-0.3, -0.25) is 4.57 Å². The van der Waals surface area contributed by atoms with E-state index in [2.05, 4.69) is 5.10 Å². The number of ether oxygens (including phenoxy) is 1. The SMILES string of the molecule is S=c1n(-c2cccc(Cl)c2)cnn1C[NH+]1CCOCC1. The second-order valence-corrected chi connectivity index (χ2v) is 5.58. The average molecular weight is 312 g/mol. The number of quaternary nitrogens is 1. The second-order valence-electron chi connectivity index (χ2n) is 4.78. The minimum atomic E-state index is 0.686.